The van der Waals surface area contributed by atoms with Gasteiger partial charge in [0.25, 0.3) is 0 Å². The van der Waals surface area contributed by atoms with Crippen LogP contribution in [-0.4, -0.2) is 40.4 Å². The molecule has 1 aromatic carbocycles. The van der Waals surface area contributed by atoms with Gasteiger partial charge in [0.05, 0.1) is 18.1 Å². The number of pyridine rings is 1. The molecule has 0 aliphatic rings. The predicted octanol–water partition coefficient (Wildman–Crippen LogP) is 2.82. The van der Waals surface area contributed by atoms with Gasteiger partial charge in [0.1, 0.15) is 5.69 Å². The van der Waals surface area contributed by atoms with Crippen LogP contribution in [0.4, 0.5) is 0 Å². The maximum absolute atomic E-state index is 12.8. The molecule has 0 atom stereocenters. The van der Waals surface area contributed by atoms with Crippen molar-refractivity contribution in [3.63, 3.8) is 0 Å². The first-order chi connectivity index (χ1) is 13.5. The van der Waals surface area contributed by atoms with E-state index in [1.54, 1.807) is 18.3 Å². The molecule has 0 aliphatic carbocycles. The summed E-state index contributed by atoms with van der Waals surface area (Å²) >= 11 is 0. The van der Waals surface area contributed by atoms with E-state index in [0.29, 0.717) is 17.8 Å². The van der Waals surface area contributed by atoms with E-state index in [1.807, 2.05) is 55.5 Å². The summed E-state index contributed by atoms with van der Waals surface area (Å²) < 4.78 is 27.1. The highest BCUT2D eigenvalue weighted by molar-refractivity contribution is 7.91. The Morgan fingerprint density at radius 3 is 2.50 bits per heavy atom. The summed E-state index contributed by atoms with van der Waals surface area (Å²) in [5.41, 5.74) is 3.02. The Hall–Kier alpha value is -2.77. The number of hydrogen-bond donors (Lipinski definition) is 1. The number of hydrogen-bond acceptors (Lipinski definition) is 5. The van der Waals surface area contributed by atoms with E-state index in [0.717, 1.165) is 11.3 Å². The molecule has 28 heavy (non-hydrogen) atoms. The SMILES string of the molecule is Cc1cccc(-c2cn(CCO)c(S(=O)(=O)CC=CCc3ccccc3)n2)n1. The lowest BCUT2D eigenvalue weighted by Crippen LogP contribution is -2.14. The summed E-state index contributed by atoms with van der Waals surface area (Å²) in [5.74, 6) is -0.150. The van der Waals surface area contributed by atoms with Crippen molar-refractivity contribution in [3.8, 4) is 11.4 Å². The van der Waals surface area contributed by atoms with Gasteiger partial charge in [-0.2, -0.15) is 0 Å². The average Bonchev–Trinajstić information content (AvgIpc) is 3.12. The van der Waals surface area contributed by atoms with Gasteiger partial charge in [0.15, 0.2) is 0 Å². The zero-order chi connectivity index (χ0) is 20.0. The topological polar surface area (TPSA) is 85.1 Å². The van der Waals surface area contributed by atoms with Gasteiger partial charge >= 0.3 is 0 Å². The van der Waals surface area contributed by atoms with Gasteiger partial charge in [-0.1, -0.05) is 48.6 Å². The Labute approximate surface area is 165 Å². The molecule has 0 fully saturated rings. The third-order valence-corrected chi connectivity index (χ3v) is 5.70. The number of aliphatic hydroxyl groups is 1. The van der Waals surface area contributed by atoms with Crippen LogP contribution in [0.25, 0.3) is 11.4 Å². The van der Waals surface area contributed by atoms with Crippen LogP contribution in [0.2, 0.25) is 0 Å². The van der Waals surface area contributed by atoms with E-state index in [1.165, 1.54) is 4.57 Å². The van der Waals surface area contributed by atoms with E-state index in [9.17, 15) is 13.5 Å². The van der Waals surface area contributed by atoms with Gasteiger partial charge < -0.3 is 9.67 Å². The molecule has 0 amide bonds. The van der Waals surface area contributed by atoms with E-state index in [4.69, 9.17) is 0 Å². The second-order valence-corrected chi connectivity index (χ2v) is 8.36. The number of benzene rings is 1. The van der Waals surface area contributed by atoms with E-state index in [2.05, 4.69) is 9.97 Å². The lowest BCUT2D eigenvalue weighted by molar-refractivity contribution is 0.271. The Bertz CT molecular complexity index is 1060. The van der Waals surface area contributed by atoms with E-state index >= 15 is 0 Å². The molecule has 0 radical (unpaired) electrons. The smallest absolute Gasteiger partial charge is 0.228 e. The summed E-state index contributed by atoms with van der Waals surface area (Å²) in [6.07, 6.45) is 5.78. The number of aliphatic hydroxyl groups excluding tert-OH is 1. The van der Waals surface area contributed by atoms with Crippen molar-refractivity contribution >= 4 is 9.84 Å². The van der Waals surface area contributed by atoms with Gasteiger partial charge in [-0.25, -0.2) is 13.4 Å². The number of rotatable bonds is 8. The molecular weight excluding hydrogens is 374 g/mol. The molecular formula is C21H23N3O3S. The quantitative estimate of drug-likeness (QED) is 0.591. The highest BCUT2D eigenvalue weighted by Gasteiger charge is 2.22. The standard InChI is InChI=1S/C21H23N3O3S/c1-17-8-7-12-19(22-17)20-16-24(13-14-25)21(23-20)28(26,27)15-6-5-11-18-9-3-2-4-10-18/h2-10,12,16,25H,11,13-15H2,1H3. The van der Waals surface area contributed by atoms with Gasteiger partial charge in [-0.3, -0.25) is 4.98 Å². The lowest BCUT2D eigenvalue weighted by atomic mass is 10.1. The van der Waals surface area contributed by atoms with Crippen molar-refractivity contribution in [1.82, 2.24) is 14.5 Å². The monoisotopic (exact) mass is 397 g/mol. The van der Waals surface area contributed by atoms with E-state index in [-0.39, 0.29) is 24.1 Å². The van der Waals surface area contributed by atoms with Crippen molar-refractivity contribution in [3.05, 3.63) is 78.1 Å². The first-order valence-electron chi connectivity index (χ1n) is 9.03. The van der Waals surface area contributed by atoms with Crippen LogP contribution in [0, 0.1) is 6.92 Å². The summed E-state index contributed by atoms with van der Waals surface area (Å²) in [6, 6.07) is 15.3. The van der Waals surface area contributed by atoms with Crippen molar-refractivity contribution < 1.29 is 13.5 Å². The zero-order valence-electron chi connectivity index (χ0n) is 15.7. The minimum Gasteiger partial charge on any atom is -0.395 e. The van der Waals surface area contributed by atoms with Crippen molar-refractivity contribution in [1.29, 1.82) is 0 Å². The van der Waals surface area contributed by atoms with Gasteiger partial charge in [0, 0.05) is 18.4 Å². The second kappa shape index (κ2) is 8.95. The Kier molecular flexibility index (Phi) is 6.38. The first kappa shape index (κ1) is 20.0. The molecule has 0 unspecified atom stereocenters. The maximum atomic E-state index is 12.8. The Morgan fingerprint density at radius 2 is 1.79 bits per heavy atom. The van der Waals surface area contributed by atoms with Crippen LogP contribution < -0.4 is 0 Å². The highest BCUT2D eigenvalue weighted by atomic mass is 32.2. The van der Waals surface area contributed by atoms with Crippen LogP contribution in [0.1, 0.15) is 11.3 Å². The summed E-state index contributed by atoms with van der Waals surface area (Å²) in [7, 11) is -3.64. The molecule has 7 heteroatoms. The molecule has 146 valence electrons. The zero-order valence-corrected chi connectivity index (χ0v) is 16.5. The summed E-state index contributed by atoms with van der Waals surface area (Å²) in [4.78, 5) is 8.72. The Morgan fingerprint density at radius 1 is 1.00 bits per heavy atom. The summed E-state index contributed by atoms with van der Waals surface area (Å²) in [6.45, 7) is 1.84. The van der Waals surface area contributed by atoms with Gasteiger partial charge in [0.2, 0.25) is 15.0 Å². The molecule has 3 rings (SSSR count). The fourth-order valence-corrected chi connectivity index (χ4v) is 4.10. The number of imidazole rings is 1. The number of nitrogens with zero attached hydrogens (tertiary/aromatic N) is 3. The molecule has 2 aromatic heterocycles. The van der Waals surface area contributed by atoms with Crippen LogP contribution >= 0.6 is 0 Å². The van der Waals surface area contributed by atoms with Crippen LogP contribution in [-0.2, 0) is 22.8 Å². The largest absolute Gasteiger partial charge is 0.395 e. The van der Waals surface area contributed by atoms with Gasteiger partial charge in [-0.05, 0) is 31.0 Å². The van der Waals surface area contributed by atoms with Crippen LogP contribution in [0.15, 0.2) is 72.0 Å². The van der Waals surface area contributed by atoms with Crippen molar-refractivity contribution in [2.24, 2.45) is 0 Å². The molecule has 0 spiro atoms. The molecule has 3 aromatic rings. The predicted molar refractivity (Wildman–Crippen MR) is 109 cm³/mol. The highest BCUT2D eigenvalue weighted by Crippen LogP contribution is 2.20. The van der Waals surface area contributed by atoms with Crippen LogP contribution in [0.5, 0.6) is 0 Å². The van der Waals surface area contributed by atoms with Gasteiger partial charge in [-0.15, -0.1) is 0 Å². The number of aryl methyl sites for hydroxylation is 1. The number of aromatic nitrogens is 3. The fraction of sp³-hybridized carbons (Fsp3) is 0.238. The second-order valence-electron chi connectivity index (χ2n) is 6.43. The number of allylic oxidation sites excluding steroid dienone is 1. The molecule has 1 N–H and O–H groups in total. The fourth-order valence-electron chi connectivity index (χ4n) is 2.83. The molecule has 0 saturated heterocycles. The average molecular weight is 398 g/mol. The van der Waals surface area contributed by atoms with E-state index < -0.39 is 9.84 Å². The molecule has 2 heterocycles. The molecule has 6 nitrogen and oxygen atoms in total. The Balaban J connectivity index is 1.81. The maximum Gasteiger partial charge on any atom is 0.228 e. The van der Waals surface area contributed by atoms with Crippen molar-refractivity contribution in [2.75, 3.05) is 12.4 Å². The molecule has 0 saturated carbocycles. The third kappa shape index (κ3) is 4.94. The lowest BCUT2D eigenvalue weighted by Gasteiger charge is -2.05. The van der Waals surface area contributed by atoms with Crippen LogP contribution in [0.3, 0.4) is 0 Å². The van der Waals surface area contributed by atoms with Crippen molar-refractivity contribution in [2.45, 2.75) is 25.0 Å². The third-order valence-electron chi connectivity index (χ3n) is 4.19. The minimum absolute atomic E-state index is 0.0517. The molecule has 0 aliphatic heterocycles. The molecule has 0 bridgehead atoms. The minimum atomic E-state index is -3.64. The summed E-state index contributed by atoms with van der Waals surface area (Å²) in [5, 5.41) is 9.25. The first-order valence-corrected chi connectivity index (χ1v) is 10.7. The normalized spacial score (nSPS) is 11.9. The number of sulfone groups is 1.